The van der Waals surface area contributed by atoms with Crippen LogP contribution in [0.3, 0.4) is 0 Å². The number of aromatic nitrogens is 1. The molecule has 0 aliphatic carbocycles. The van der Waals surface area contributed by atoms with Gasteiger partial charge in [-0.2, -0.15) is 0 Å². The molecule has 1 saturated heterocycles. The van der Waals surface area contributed by atoms with Crippen molar-refractivity contribution >= 4 is 11.7 Å². The van der Waals surface area contributed by atoms with Crippen molar-refractivity contribution in [3.63, 3.8) is 0 Å². The SMILES string of the molecule is CN1CCN(Nc2ccc(C(N)=O)cn2)CC1. The van der Waals surface area contributed by atoms with Gasteiger partial charge in [-0.1, -0.05) is 0 Å². The lowest BCUT2D eigenvalue weighted by Gasteiger charge is -2.32. The lowest BCUT2D eigenvalue weighted by molar-refractivity contribution is 0.1000. The molecule has 1 fully saturated rings. The van der Waals surface area contributed by atoms with E-state index in [1.165, 1.54) is 6.20 Å². The molecule has 1 amide bonds. The van der Waals surface area contributed by atoms with E-state index in [9.17, 15) is 4.79 Å². The summed E-state index contributed by atoms with van der Waals surface area (Å²) in [5.74, 6) is 0.281. The molecule has 92 valence electrons. The van der Waals surface area contributed by atoms with Crippen molar-refractivity contribution in [2.75, 3.05) is 38.7 Å². The summed E-state index contributed by atoms with van der Waals surface area (Å²) in [6.07, 6.45) is 1.49. The van der Waals surface area contributed by atoms with Crippen LogP contribution in [0.1, 0.15) is 10.4 Å². The minimum Gasteiger partial charge on any atom is -0.366 e. The molecule has 1 aromatic heterocycles. The molecule has 17 heavy (non-hydrogen) atoms. The summed E-state index contributed by atoms with van der Waals surface area (Å²) in [5, 5.41) is 2.12. The Morgan fingerprint density at radius 1 is 1.35 bits per heavy atom. The van der Waals surface area contributed by atoms with Crippen LogP contribution in [0.2, 0.25) is 0 Å². The Labute approximate surface area is 100 Å². The first-order chi connectivity index (χ1) is 8.15. The van der Waals surface area contributed by atoms with Crippen LogP contribution in [0.15, 0.2) is 18.3 Å². The van der Waals surface area contributed by atoms with Gasteiger partial charge >= 0.3 is 0 Å². The minimum atomic E-state index is -0.455. The molecule has 0 atom stereocenters. The Balaban J connectivity index is 1.92. The number of carbonyl (C=O) groups excluding carboxylic acids is 1. The first-order valence-corrected chi connectivity index (χ1v) is 5.61. The molecule has 1 aliphatic rings. The van der Waals surface area contributed by atoms with Gasteiger partial charge in [-0.3, -0.25) is 4.79 Å². The molecular formula is C11H17N5O. The van der Waals surface area contributed by atoms with E-state index in [1.807, 2.05) is 0 Å². The number of carbonyl (C=O) groups is 1. The zero-order valence-electron chi connectivity index (χ0n) is 9.89. The maximum Gasteiger partial charge on any atom is 0.250 e. The molecule has 0 bridgehead atoms. The normalized spacial score (nSPS) is 17.9. The number of pyridine rings is 1. The third kappa shape index (κ3) is 3.15. The Kier molecular flexibility index (Phi) is 3.55. The molecular weight excluding hydrogens is 218 g/mol. The highest BCUT2D eigenvalue weighted by Gasteiger charge is 2.13. The largest absolute Gasteiger partial charge is 0.366 e. The van der Waals surface area contributed by atoms with E-state index in [4.69, 9.17) is 5.73 Å². The fraction of sp³-hybridized carbons (Fsp3) is 0.455. The number of primary amides is 1. The number of nitrogens with one attached hydrogen (secondary N) is 1. The molecule has 1 aromatic rings. The summed E-state index contributed by atoms with van der Waals surface area (Å²) in [6.45, 7) is 3.98. The first kappa shape index (κ1) is 11.8. The summed E-state index contributed by atoms with van der Waals surface area (Å²) < 4.78 is 0. The van der Waals surface area contributed by atoms with Crippen molar-refractivity contribution in [2.45, 2.75) is 0 Å². The van der Waals surface area contributed by atoms with Gasteiger partial charge in [0.15, 0.2) is 0 Å². The van der Waals surface area contributed by atoms with Crippen LogP contribution in [0, 0.1) is 0 Å². The fourth-order valence-electron chi connectivity index (χ4n) is 1.69. The Hall–Kier alpha value is -1.66. The average molecular weight is 235 g/mol. The third-order valence-corrected chi connectivity index (χ3v) is 2.82. The fourth-order valence-corrected chi connectivity index (χ4v) is 1.69. The van der Waals surface area contributed by atoms with Crippen molar-refractivity contribution in [1.29, 1.82) is 0 Å². The lowest BCUT2D eigenvalue weighted by atomic mass is 10.3. The second kappa shape index (κ2) is 5.11. The number of hydrogen-bond acceptors (Lipinski definition) is 5. The molecule has 0 unspecified atom stereocenters. The molecule has 6 nitrogen and oxygen atoms in total. The van der Waals surface area contributed by atoms with Crippen LogP contribution >= 0.6 is 0 Å². The van der Waals surface area contributed by atoms with Gasteiger partial charge in [0.2, 0.25) is 5.91 Å². The smallest absolute Gasteiger partial charge is 0.250 e. The van der Waals surface area contributed by atoms with Crippen LogP contribution in [-0.2, 0) is 0 Å². The molecule has 3 N–H and O–H groups in total. The Morgan fingerprint density at radius 2 is 2.06 bits per heavy atom. The zero-order valence-corrected chi connectivity index (χ0v) is 9.89. The number of amides is 1. The summed E-state index contributed by atoms with van der Waals surface area (Å²) in [6, 6.07) is 3.44. The molecule has 2 heterocycles. The molecule has 6 heteroatoms. The van der Waals surface area contributed by atoms with E-state index in [-0.39, 0.29) is 0 Å². The van der Waals surface area contributed by atoms with Gasteiger partial charge in [0.05, 0.1) is 5.56 Å². The van der Waals surface area contributed by atoms with Crippen molar-refractivity contribution in [3.05, 3.63) is 23.9 Å². The highest BCUT2D eigenvalue weighted by atomic mass is 16.1. The van der Waals surface area contributed by atoms with E-state index < -0.39 is 5.91 Å². The summed E-state index contributed by atoms with van der Waals surface area (Å²) in [4.78, 5) is 17.3. The number of hydrazine groups is 1. The van der Waals surface area contributed by atoms with E-state index in [2.05, 4.69) is 27.4 Å². The average Bonchev–Trinajstić information content (AvgIpc) is 2.33. The summed E-state index contributed by atoms with van der Waals surface area (Å²) in [5.41, 5.74) is 8.78. The molecule has 2 rings (SSSR count). The monoisotopic (exact) mass is 235 g/mol. The highest BCUT2D eigenvalue weighted by Crippen LogP contribution is 2.07. The van der Waals surface area contributed by atoms with Gasteiger partial charge in [-0.15, -0.1) is 0 Å². The number of anilines is 1. The predicted octanol–water partition coefficient (Wildman–Crippen LogP) is -0.245. The van der Waals surface area contributed by atoms with Crippen molar-refractivity contribution in [3.8, 4) is 0 Å². The molecule has 0 saturated carbocycles. The van der Waals surface area contributed by atoms with Gasteiger partial charge in [-0.25, -0.2) is 9.99 Å². The second-order valence-electron chi connectivity index (χ2n) is 4.20. The van der Waals surface area contributed by atoms with Crippen LogP contribution in [-0.4, -0.2) is 54.0 Å². The van der Waals surface area contributed by atoms with Crippen LogP contribution in [0.4, 0.5) is 5.82 Å². The minimum absolute atomic E-state index is 0.425. The van der Waals surface area contributed by atoms with Crippen LogP contribution in [0.25, 0.3) is 0 Å². The third-order valence-electron chi connectivity index (χ3n) is 2.82. The van der Waals surface area contributed by atoms with Gasteiger partial charge < -0.3 is 16.1 Å². The van der Waals surface area contributed by atoms with E-state index >= 15 is 0 Å². The van der Waals surface area contributed by atoms with E-state index in [1.54, 1.807) is 12.1 Å². The summed E-state index contributed by atoms with van der Waals surface area (Å²) in [7, 11) is 2.11. The van der Waals surface area contributed by atoms with Gasteiger partial charge in [0.25, 0.3) is 0 Å². The van der Waals surface area contributed by atoms with E-state index in [0.29, 0.717) is 5.56 Å². The molecule has 0 spiro atoms. The number of piperazine rings is 1. The topological polar surface area (TPSA) is 74.5 Å². The van der Waals surface area contributed by atoms with Gasteiger partial charge in [0, 0.05) is 32.4 Å². The predicted molar refractivity (Wildman–Crippen MR) is 65.4 cm³/mol. The summed E-state index contributed by atoms with van der Waals surface area (Å²) >= 11 is 0. The van der Waals surface area contributed by atoms with Crippen LogP contribution in [0.5, 0.6) is 0 Å². The highest BCUT2D eigenvalue weighted by molar-refractivity contribution is 5.92. The number of nitrogens with two attached hydrogens (primary N) is 1. The lowest BCUT2D eigenvalue weighted by Crippen LogP contribution is -2.47. The number of likely N-dealkylation sites (N-methyl/N-ethyl adjacent to an activating group) is 1. The number of hydrogen-bond donors (Lipinski definition) is 2. The molecule has 0 radical (unpaired) electrons. The number of rotatable bonds is 3. The van der Waals surface area contributed by atoms with Crippen LogP contribution < -0.4 is 11.2 Å². The zero-order chi connectivity index (χ0) is 12.3. The van der Waals surface area contributed by atoms with Crippen molar-refractivity contribution < 1.29 is 4.79 Å². The molecule has 0 aromatic carbocycles. The van der Waals surface area contributed by atoms with Crippen molar-refractivity contribution in [1.82, 2.24) is 14.9 Å². The Morgan fingerprint density at radius 3 is 2.59 bits per heavy atom. The number of nitrogens with zero attached hydrogens (tertiary/aromatic N) is 3. The Bertz CT molecular complexity index is 383. The van der Waals surface area contributed by atoms with Gasteiger partial charge in [0.1, 0.15) is 5.82 Å². The van der Waals surface area contributed by atoms with Gasteiger partial charge in [-0.05, 0) is 19.2 Å². The molecule has 1 aliphatic heterocycles. The quantitative estimate of drug-likeness (QED) is 0.756. The van der Waals surface area contributed by atoms with E-state index in [0.717, 1.165) is 32.0 Å². The standard InChI is InChI=1S/C11H17N5O/c1-15-4-6-16(7-5-15)14-10-3-2-9(8-13-10)11(12)17/h2-3,8H,4-7H2,1H3,(H2,12,17)(H,13,14). The van der Waals surface area contributed by atoms with Crippen molar-refractivity contribution in [2.24, 2.45) is 5.73 Å². The first-order valence-electron chi connectivity index (χ1n) is 5.61. The maximum atomic E-state index is 10.9. The maximum absolute atomic E-state index is 10.9. The second-order valence-corrected chi connectivity index (χ2v) is 4.20.